The van der Waals surface area contributed by atoms with Crippen molar-refractivity contribution in [3.8, 4) is 5.75 Å². The molecular formula is C13H14ClN3O3S. The third-order valence-corrected chi connectivity index (χ3v) is 5.19. The van der Waals surface area contributed by atoms with Gasteiger partial charge in [0.05, 0.1) is 19.3 Å². The van der Waals surface area contributed by atoms with Gasteiger partial charge in [0.15, 0.2) is 0 Å². The van der Waals surface area contributed by atoms with Gasteiger partial charge in [-0.25, -0.2) is 18.1 Å². The Bertz CT molecular complexity index is 786. The maximum Gasteiger partial charge on any atom is 0.244 e. The van der Waals surface area contributed by atoms with Gasteiger partial charge < -0.3 is 9.30 Å². The highest BCUT2D eigenvalue weighted by Gasteiger charge is 2.25. The van der Waals surface area contributed by atoms with Crippen molar-refractivity contribution in [2.45, 2.75) is 17.9 Å². The zero-order chi connectivity index (χ0) is 15.0. The van der Waals surface area contributed by atoms with Crippen LogP contribution in [-0.4, -0.2) is 24.6 Å². The van der Waals surface area contributed by atoms with Crippen molar-refractivity contribution in [2.24, 2.45) is 7.05 Å². The van der Waals surface area contributed by atoms with E-state index in [1.54, 1.807) is 17.7 Å². The lowest BCUT2D eigenvalue weighted by atomic mass is 10.2. The van der Waals surface area contributed by atoms with Gasteiger partial charge in [-0.2, -0.15) is 0 Å². The van der Waals surface area contributed by atoms with E-state index in [1.165, 1.54) is 12.3 Å². The normalized spacial score (nSPS) is 14.0. The van der Waals surface area contributed by atoms with Crippen molar-refractivity contribution in [1.29, 1.82) is 0 Å². The summed E-state index contributed by atoms with van der Waals surface area (Å²) in [5.41, 5.74) is 0.915. The van der Waals surface area contributed by atoms with Crippen LogP contribution in [0.1, 0.15) is 11.4 Å². The van der Waals surface area contributed by atoms with Gasteiger partial charge in [-0.3, -0.25) is 0 Å². The minimum absolute atomic E-state index is 0.0647. The van der Waals surface area contributed by atoms with Gasteiger partial charge in [0.2, 0.25) is 10.0 Å². The van der Waals surface area contributed by atoms with Crippen LogP contribution in [0.25, 0.3) is 0 Å². The standard InChI is InChI=1S/C13H14ClN3O3S/c1-17-11(14)7-15-12(17)8-16-21(18,19)10-4-2-3-9-5-6-20-13(9)10/h2-4,7,16H,5-6,8H2,1H3. The van der Waals surface area contributed by atoms with Crippen LogP contribution in [0.4, 0.5) is 0 Å². The van der Waals surface area contributed by atoms with Gasteiger partial charge in [-0.05, 0) is 11.6 Å². The number of imidazole rings is 1. The van der Waals surface area contributed by atoms with Crippen LogP contribution >= 0.6 is 11.6 Å². The summed E-state index contributed by atoms with van der Waals surface area (Å²) in [7, 11) is -1.94. The minimum Gasteiger partial charge on any atom is -0.492 e. The van der Waals surface area contributed by atoms with Crippen LogP contribution in [0.15, 0.2) is 29.3 Å². The van der Waals surface area contributed by atoms with E-state index in [0.717, 1.165) is 12.0 Å². The van der Waals surface area contributed by atoms with Crippen LogP contribution in [0.2, 0.25) is 5.15 Å². The summed E-state index contributed by atoms with van der Waals surface area (Å²) in [6.07, 6.45) is 2.21. The van der Waals surface area contributed by atoms with E-state index >= 15 is 0 Å². The van der Waals surface area contributed by atoms with Crippen LogP contribution < -0.4 is 9.46 Å². The fourth-order valence-electron chi connectivity index (χ4n) is 2.22. The fraction of sp³-hybridized carbons (Fsp3) is 0.308. The zero-order valence-corrected chi connectivity index (χ0v) is 12.9. The van der Waals surface area contributed by atoms with Crippen molar-refractivity contribution in [2.75, 3.05) is 6.61 Å². The quantitative estimate of drug-likeness (QED) is 0.923. The molecule has 0 spiro atoms. The molecule has 0 aliphatic carbocycles. The van der Waals surface area contributed by atoms with Crippen LogP contribution in [0, 0.1) is 0 Å². The SMILES string of the molecule is Cn1c(Cl)cnc1CNS(=O)(=O)c1cccc2c1OCC2. The van der Waals surface area contributed by atoms with Gasteiger partial charge in [-0.1, -0.05) is 23.7 Å². The molecule has 2 heterocycles. The maximum atomic E-state index is 12.4. The molecule has 0 saturated carbocycles. The Balaban J connectivity index is 1.85. The lowest BCUT2D eigenvalue weighted by Gasteiger charge is -2.10. The molecule has 112 valence electrons. The number of hydrogen-bond donors (Lipinski definition) is 1. The number of benzene rings is 1. The molecule has 6 nitrogen and oxygen atoms in total. The molecule has 0 saturated heterocycles. The molecule has 1 aliphatic heterocycles. The Morgan fingerprint density at radius 1 is 1.48 bits per heavy atom. The molecule has 3 rings (SSSR count). The lowest BCUT2D eigenvalue weighted by Crippen LogP contribution is -2.25. The number of halogens is 1. The van der Waals surface area contributed by atoms with Gasteiger partial charge in [0, 0.05) is 13.5 Å². The topological polar surface area (TPSA) is 73.2 Å². The molecule has 0 unspecified atom stereocenters. The molecule has 0 bridgehead atoms. The second-order valence-electron chi connectivity index (χ2n) is 4.72. The number of fused-ring (bicyclic) bond motifs is 1. The Kier molecular flexibility index (Phi) is 3.64. The van der Waals surface area contributed by atoms with Crippen LogP contribution in [-0.2, 0) is 30.0 Å². The van der Waals surface area contributed by atoms with Crippen molar-refractivity contribution in [3.05, 3.63) is 40.9 Å². The first kappa shape index (κ1) is 14.4. The van der Waals surface area contributed by atoms with Crippen LogP contribution in [0.3, 0.4) is 0 Å². The predicted molar refractivity (Wildman–Crippen MR) is 77.9 cm³/mol. The second kappa shape index (κ2) is 5.32. The predicted octanol–water partition coefficient (Wildman–Crippen LogP) is 1.49. The van der Waals surface area contributed by atoms with E-state index in [1.807, 2.05) is 6.07 Å². The molecule has 0 fully saturated rings. The number of hydrogen-bond acceptors (Lipinski definition) is 4. The van der Waals surface area contributed by atoms with Crippen LogP contribution in [0.5, 0.6) is 5.75 Å². The van der Waals surface area contributed by atoms with Crippen molar-refractivity contribution in [3.63, 3.8) is 0 Å². The van der Waals surface area contributed by atoms with Gasteiger partial charge in [-0.15, -0.1) is 0 Å². The van der Waals surface area contributed by atoms with Gasteiger partial charge >= 0.3 is 0 Å². The Morgan fingerprint density at radius 2 is 2.29 bits per heavy atom. The van der Waals surface area contributed by atoms with Gasteiger partial charge in [0.25, 0.3) is 0 Å². The van der Waals surface area contributed by atoms with Gasteiger partial charge in [0.1, 0.15) is 21.6 Å². The monoisotopic (exact) mass is 327 g/mol. The second-order valence-corrected chi connectivity index (χ2v) is 6.85. The molecule has 2 aromatic rings. The summed E-state index contributed by atoms with van der Waals surface area (Å²) < 4.78 is 34.4. The third-order valence-electron chi connectivity index (χ3n) is 3.42. The molecule has 0 amide bonds. The minimum atomic E-state index is -3.66. The molecule has 1 aromatic carbocycles. The Hall–Kier alpha value is -1.57. The third kappa shape index (κ3) is 2.64. The number of nitrogens with one attached hydrogen (secondary N) is 1. The summed E-state index contributed by atoms with van der Waals surface area (Å²) in [6.45, 7) is 0.575. The first-order valence-corrected chi connectivity index (χ1v) is 8.25. The van der Waals surface area contributed by atoms with E-state index in [4.69, 9.17) is 16.3 Å². The molecule has 1 aromatic heterocycles. The maximum absolute atomic E-state index is 12.4. The molecule has 0 atom stereocenters. The first-order valence-electron chi connectivity index (χ1n) is 6.39. The van der Waals surface area contributed by atoms with Crippen molar-refractivity contribution >= 4 is 21.6 Å². The fourth-order valence-corrected chi connectivity index (χ4v) is 3.54. The number of rotatable bonds is 4. The Morgan fingerprint density at radius 3 is 3.00 bits per heavy atom. The molecule has 1 N–H and O–H groups in total. The lowest BCUT2D eigenvalue weighted by molar-refractivity contribution is 0.348. The highest BCUT2D eigenvalue weighted by atomic mass is 35.5. The van der Waals surface area contributed by atoms with Crippen molar-refractivity contribution < 1.29 is 13.2 Å². The summed E-state index contributed by atoms with van der Waals surface area (Å²) in [4.78, 5) is 4.22. The van der Waals surface area contributed by atoms with E-state index in [-0.39, 0.29) is 11.4 Å². The first-order chi connectivity index (χ1) is 9.99. The highest BCUT2D eigenvalue weighted by Crippen LogP contribution is 2.32. The smallest absolute Gasteiger partial charge is 0.244 e. The van der Waals surface area contributed by atoms with E-state index < -0.39 is 10.0 Å². The number of nitrogens with zero attached hydrogens (tertiary/aromatic N) is 2. The molecule has 8 heteroatoms. The summed E-state index contributed by atoms with van der Waals surface area (Å²) in [5.74, 6) is 0.986. The average molecular weight is 328 g/mol. The zero-order valence-electron chi connectivity index (χ0n) is 11.3. The summed E-state index contributed by atoms with van der Waals surface area (Å²) in [6, 6.07) is 5.14. The number of sulfonamides is 1. The molecule has 0 radical (unpaired) electrons. The van der Waals surface area contributed by atoms with E-state index in [9.17, 15) is 8.42 Å². The van der Waals surface area contributed by atoms with E-state index in [0.29, 0.717) is 23.3 Å². The number of ether oxygens (including phenoxy) is 1. The Labute approximate surface area is 127 Å². The molecule has 1 aliphatic rings. The molecule has 21 heavy (non-hydrogen) atoms. The summed E-state index contributed by atoms with van der Waals surface area (Å²) >= 11 is 5.88. The average Bonchev–Trinajstić information content (AvgIpc) is 3.05. The number of aromatic nitrogens is 2. The number of para-hydroxylation sites is 1. The summed E-state index contributed by atoms with van der Waals surface area (Å²) in [5, 5.41) is 0.452. The largest absolute Gasteiger partial charge is 0.492 e. The highest BCUT2D eigenvalue weighted by molar-refractivity contribution is 7.89. The van der Waals surface area contributed by atoms with Crippen molar-refractivity contribution in [1.82, 2.24) is 14.3 Å². The molecular weight excluding hydrogens is 314 g/mol. The van der Waals surface area contributed by atoms with E-state index in [2.05, 4.69) is 9.71 Å².